The average molecular weight is 245 g/mol. The molecule has 0 unspecified atom stereocenters. The lowest BCUT2D eigenvalue weighted by molar-refractivity contribution is -0.131. The normalized spacial score (nSPS) is 19.8. The highest BCUT2D eigenvalue weighted by atomic mass is 16.2. The molecule has 18 heavy (non-hydrogen) atoms. The fourth-order valence-corrected chi connectivity index (χ4v) is 2.57. The van der Waals surface area contributed by atoms with Gasteiger partial charge in [-0.1, -0.05) is 50.6 Å². The molecule has 0 aromatic heterocycles. The second-order valence-corrected chi connectivity index (χ2v) is 5.70. The van der Waals surface area contributed by atoms with Crippen molar-refractivity contribution in [2.75, 3.05) is 6.54 Å². The summed E-state index contributed by atoms with van der Waals surface area (Å²) in [5, 5.41) is 0. The molecule has 1 aromatic carbocycles. The number of benzene rings is 1. The third kappa shape index (κ3) is 3.34. The van der Waals surface area contributed by atoms with Crippen molar-refractivity contribution in [3.8, 4) is 0 Å². The number of carbonyl (C=O) groups excluding carboxylic acids is 1. The van der Waals surface area contributed by atoms with Crippen LogP contribution in [0, 0.1) is 11.8 Å². The Morgan fingerprint density at radius 1 is 1.28 bits per heavy atom. The maximum absolute atomic E-state index is 12.2. The van der Waals surface area contributed by atoms with Crippen LogP contribution in [0.2, 0.25) is 0 Å². The number of hydrogen-bond acceptors (Lipinski definition) is 1. The highest BCUT2D eigenvalue weighted by Crippen LogP contribution is 2.25. The standard InChI is InChI=1S/C16H23NO/c1-13(2)8-9-15-10-11-17(16(15)18)12-14-6-4-3-5-7-14/h3-7,13,15H,8-12H2,1-2H3/t15-/m0/s1. The lowest BCUT2D eigenvalue weighted by atomic mass is 9.97. The molecule has 1 heterocycles. The Morgan fingerprint density at radius 2 is 2.00 bits per heavy atom. The van der Waals surface area contributed by atoms with E-state index in [-0.39, 0.29) is 5.92 Å². The molecule has 0 radical (unpaired) electrons. The van der Waals surface area contributed by atoms with E-state index in [1.54, 1.807) is 0 Å². The molecule has 0 aliphatic carbocycles. The van der Waals surface area contributed by atoms with E-state index in [4.69, 9.17) is 0 Å². The van der Waals surface area contributed by atoms with E-state index in [1.807, 2.05) is 23.1 Å². The van der Waals surface area contributed by atoms with Gasteiger partial charge in [-0.2, -0.15) is 0 Å². The summed E-state index contributed by atoms with van der Waals surface area (Å²) in [7, 11) is 0. The maximum atomic E-state index is 12.2. The zero-order chi connectivity index (χ0) is 13.0. The molecule has 1 amide bonds. The molecule has 0 saturated carbocycles. The average Bonchev–Trinajstić information content (AvgIpc) is 2.70. The van der Waals surface area contributed by atoms with Crippen molar-refractivity contribution < 1.29 is 4.79 Å². The first-order valence-corrected chi connectivity index (χ1v) is 6.99. The predicted molar refractivity (Wildman–Crippen MR) is 74.0 cm³/mol. The molecule has 98 valence electrons. The van der Waals surface area contributed by atoms with Crippen molar-refractivity contribution in [2.24, 2.45) is 11.8 Å². The van der Waals surface area contributed by atoms with Crippen molar-refractivity contribution in [2.45, 2.75) is 39.7 Å². The largest absolute Gasteiger partial charge is 0.338 e. The minimum absolute atomic E-state index is 0.274. The molecule has 1 saturated heterocycles. The van der Waals surface area contributed by atoms with Crippen LogP contribution < -0.4 is 0 Å². The van der Waals surface area contributed by atoms with Gasteiger partial charge in [-0.15, -0.1) is 0 Å². The van der Waals surface area contributed by atoms with E-state index in [2.05, 4.69) is 26.0 Å². The summed E-state index contributed by atoms with van der Waals surface area (Å²) in [6.07, 6.45) is 3.26. The van der Waals surface area contributed by atoms with Crippen molar-refractivity contribution in [1.29, 1.82) is 0 Å². The Morgan fingerprint density at radius 3 is 2.67 bits per heavy atom. The van der Waals surface area contributed by atoms with Gasteiger partial charge in [0.1, 0.15) is 0 Å². The van der Waals surface area contributed by atoms with Crippen LogP contribution in [0.15, 0.2) is 30.3 Å². The van der Waals surface area contributed by atoms with Crippen molar-refractivity contribution in [3.05, 3.63) is 35.9 Å². The zero-order valence-corrected chi connectivity index (χ0v) is 11.4. The highest BCUT2D eigenvalue weighted by molar-refractivity contribution is 5.80. The molecule has 1 fully saturated rings. The highest BCUT2D eigenvalue weighted by Gasteiger charge is 2.30. The van der Waals surface area contributed by atoms with Gasteiger partial charge in [0.25, 0.3) is 0 Å². The molecular formula is C16H23NO. The van der Waals surface area contributed by atoms with E-state index in [0.29, 0.717) is 11.8 Å². The van der Waals surface area contributed by atoms with Gasteiger partial charge in [0, 0.05) is 19.0 Å². The first kappa shape index (κ1) is 13.1. The van der Waals surface area contributed by atoms with Gasteiger partial charge >= 0.3 is 0 Å². The van der Waals surface area contributed by atoms with Gasteiger partial charge in [-0.25, -0.2) is 0 Å². The van der Waals surface area contributed by atoms with Gasteiger partial charge in [-0.3, -0.25) is 4.79 Å². The number of rotatable bonds is 5. The van der Waals surface area contributed by atoms with Gasteiger partial charge in [0.2, 0.25) is 5.91 Å². The van der Waals surface area contributed by atoms with E-state index >= 15 is 0 Å². The van der Waals surface area contributed by atoms with Crippen molar-refractivity contribution in [1.82, 2.24) is 4.90 Å². The van der Waals surface area contributed by atoms with Gasteiger partial charge in [0.05, 0.1) is 0 Å². The van der Waals surface area contributed by atoms with Crippen LogP contribution in [0.3, 0.4) is 0 Å². The smallest absolute Gasteiger partial charge is 0.226 e. The van der Waals surface area contributed by atoms with E-state index in [0.717, 1.165) is 32.4 Å². The van der Waals surface area contributed by atoms with E-state index in [9.17, 15) is 4.79 Å². The van der Waals surface area contributed by atoms with Gasteiger partial charge in [-0.05, 0) is 24.3 Å². The van der Waals surface area contributed by atoms with E-state index < -0.39 is 0 Å². The topological polar surface area (TPSA) is 20.3 Å². The van der Waals surface area contributed by atoms with Crippen LogP contribution in [0.4, 0.5) is 0 Å². The molecule has 1 aliphatic rings. The van der Waals surface area contributed by atoms with Crippen LogP contribution >= 0.6 is 0 Å². The van der Waals surface area contributed by atoms with Gasteiger partial charge < -0.3 is 4.90 Å². The van der Waals surface area contributed by atoms with Crippen molar-refractivity contribution in [3.63, 3.8) is 0 Å². The summed E-state index contributed by atoms with van der Waals surface area (Å²) in [5.41, 5.74) is 1.23. The fourth-order valence-electron chi connectivity index (χ4n) is 2.57. The molecule has 0 N–H and O–H groups in total. The Hall–Kier alpha value is -1.31. The van der Waals surface area contributed by atoms with Crippen LogP contribution in [-0.4, -0.2) is 17.4 Å². The number of amides is 1. The Bertz CT molecular complexity index is 385. The third-order valence-electron chi connectivity index (χ3n) is 3.72. The molecule has 2 nitrogen and oxygen atoms in total. The SMILES string of the molecule is CC(C)CC[C@H]1CCN(Cc2ccccc2)C1=O. The summed E-state index contributed by atoms with van der Waals surface area (Å²) in [6, 6.07) is 10.3. The monoisotopic (exact) mass is 245 g/mol. The second kappa shape index (κ2) is 6.03. The minimum atomic E-state index is 0.274. The predicted octanol–water partition coefficient (Wildman–Crippen LogP) is 3.47. The van der Waals surface area contributed by atoms with Crippen LogP contribution in [0.25, 0.3) is 0 Å². The Kier molecular flexibility index (Phi) is 4.40. The minimum Gasteiger partial charge on any atom is -0.338 e. The summed E-state index contributed by atoms with van der Waals surface area (Å²) < 4.78 is 0. The zero-order valence-electron chi connectivity index (χ0n) is 11.4. The van der Waals surface area contributed by atoms with Crippen LogP contribution in [-0.2, 0) is 11.3 Å². The maximum Gasteiger partial charge on any atom is 0.226 e. The van der Waals surface area contributed by atoms with Gasteiger partial charge in [0.15, 0.2) is 0 Å². The molecule has 1 aliphatic heterocycles. The first-order chi connectivity index (χ1) is 8.66. The third-order valence-corrected chi connectivity index (χ3v) is 3.72. The molecule has 2 heteroatoms. The summed E-state index contributed by atoms with van der Waals surface area (Å²) in [4.78, 5) is 14.3. The molecule has 0 spiro atoms. The molecule has 2 rings (SSSR count). The Balaban J connectivity index is 1.87. The van der Waals surface area contributed by atoms with Crippen molar-refractivity contribution >= 4 is 5.91 Å². The lowest BCUT2D eigenvalue weighted by Crippen LogP contribution is -2.27. The fraction of sp³-hybridized carbons (Fsp3) is 0.562. The molecule has 1 atom stereocenters. The Labute approximate surface area is 110 Å². The number of likely N-dealkylation sites (tertiary alicyclic amines) is 1. The summed E-state index contributed by atoms with van der Waals surface area (Å²) >= 11 is 0. The number of nitrogens with zero attached hydrogens (tertiary/aromatic N) is 1. The molecule has 0 bridgehead atoms. The van der Waals surface area contributed by atoms with Crippen LogP contribution in [0.5, 0.6) is 0 Å². The summed E-state index contributed by atoms with van der Waals surface area (Å²) in [6.45, 7) is 6.15. The quantitative estimate of drug-likeness (QED) is 0.778. The number of hydrogen-bond donors (Lipinski definition) is 0. The summed E-state index contributed by atoms with van der Waals surface area (Å²) in [5.74, 6) is 1.33. The molecular weight excluding hydrogens is 222 g/mol. The van der Waals surface area contributed by atoms with E-state index in [1.165, 1.54) is 5.56 Å². The first-order valence-electron chi connectivity index (χ1n) is 6.99. The lowest BCUT2D eigenvalue weighted by Gasteiger charge is -2.17. The molecule has 1 aromatic rings. The van der Waals surface area contributed by atoms with Crippen LogP contribution in [0.1, 0.15) is 38.7 Å². The number of carbonyl (C=O) groups is 1. The second-order valence-electron chi connectivity index (χ2n) is 5.70.